The van der Waals surface area contributed by atoms with Crippen LogP contribution in [0, 0.1) is 0 Å². The Morgan fingerprint density at radius 3 is 2.50 bits per heavy atom. The Labute approximate surface area is 307 Å². The Morgan fingerprint density at radius 1 is 1.00 bits per heavy atom. The van der Waals surface area contributed by atoms with E-state index in [-0.39, 0.29) is 47.2 Å². The molecule has 17 heteroatoms. The predicted octanol–water partition coefficient (Wildman–Crippen LogP) is 3.89. The van der Waals surface area contributed by atoms with Crippen molar-refractivity contribution in [1.29, 1.82) is 0 Å². The molecule has 1 atom stereocenters. The average Bonchev–Trinajstić information content (AvgIpc) is 3.89. The number of urea groups is 1. The molecule has 4 aliphatic heterocycles. The van der Waals surface area contributed by atoms with Crippen LogP contribution in [0.15, 0.2) is 48.8 Å². The maximum atomic E-state index is 14.8. The number of nitrogens with zero attached hydrogens (tertiary/aromatic N) is 7. The number of carbonyl (C=O) groups excluding carboxylic acids is 5. The van der Waals surface area contributed by atoms with Crippen LogP contribution in [0.3, 0.4) is 0 Å². The average molecular weight is 742 g/mol. The molecule has 4 aromatic rings. The van der Waals surface area contributed by atoms with Crippen molar-refractivity contribution in [3.05, 3.63) is 76.7 Å². The molecule has 0 bridgehead atoms. The van der Waals surface area contributed by atoms with Crippen LogP contribution in [-0.2, 0) is 27.3 Å². The van der Waals surface area contributed by atoms with Crippen molar-refractivity contribution in [2.75, 3.05) is 38.8 Å². The summed E-state index contributed by atoms with van der Waals surface area (Å²) in [4.78, 5) is 67.6. The van der Waals surface area contributed by atoms with Crippen LogP contribution in [0.5, 0.6) is 0 Å². The van der Waals surface area contributed by atoms with Crippen LogP contribution in [0.25, 0.3) is 16.8 Å². The number of imide groups is 2. The standard InChI is InChI=1S/C37H37F2N9O6/c1-40-37(53)45-12-9-29-28(19-45)33(43-48(29)21-10-13-54-14-11-21)44(2)22-3-5-24(26(15-22)32(38)39)20-17-41-46(18-20)23-4-6-25-27(16-23)36(52)47(35(25)51)30-7-8-31(49)42-34(30)50/h3-6,15-18,21,30,32H,7-14,19H2,1-2H3,(H,40,53)(H,42,49,50). The van der Waals surface area contributed by atoms with Crippen LogP contribution in [0.2, 0.25) is 0 Å². The van der Waals surface area contributed by atoms with Gasteiger partial charge < -0.3 is 19.9 Å². The van der Waals surface area contributed by atoms with E-state index in [1.807, 2.05) is 4.68 Å². The van der Waals surface area contributed by atoms with Gasteiger partial charge in [-0.25, -0.2) is 18.3 Å². The van der Waals surface area contributed by atoms with Gasteiger partial charge in [-0.2, -0.15) is 10.2 Å². The molecule has 0 radical (unpaired) electrons. The Balaban J connectivity index is 1.08. The molecular weight excluding hydrogens is 704 g/mol. The van der Waals surface area contributed by atoms with E-state index < -0.39 is 36.1 Å². The first-order valence-electron chi connectivity index (χ1n) is 17.8. The fraction of sp³-hybridized carbons (Fsp3) is 0.378. The molecule has 4 aliphatic rings. The third kappa shape index (κ3) is 5.97. The summed E-state index contributed by atoms with van der Waals surface area (Å²) in [5.41, 5.74) is 3.40. The number of rotatable bonds is 7. The maximum absolute atomic E-state index is 14.8. The molecule has 0 spiro atoms. The number of amides is 6. The van der Waals surface area contributed by atoms with Gasteiger partial charge in [0, 0.05) is 81.0 Å². The van der Waals surface area contributed by atoms with Gasteiger partial charge in [0.15, 0.2) is 5.82 Å². The molecule has 15 nitrogen and oxygen atoms in total. The minimum atomic E-state index is -2.84. The summed E-state index contributed by atoms with van der Waals surface area (Å²) in [6.07, 6.45) is 2.42. The van der Waals surface area contributed by atoms with Crippen LogP contribution < -0.4 is 15.5 Å². The second kappa shape index (κ2) is 13.8. The molecule has 2 aromatic carbocycles. The fourth-order valence-electron chi connectivity index (χ4n) is 7.79. The number of nitrogens with one attached hydrogen (secondary N) is 2. The number of hydrogen-bond donors (Lipinski definition) is 2. The number of anilines is 2. The lowest BCUT2D eigenvalue weighted by molar-refractivity contribution is -0.136. The molecule has 54 heavy (non-hydrogen) atoms. The molecule has 2 N–H and O–H groups in total. The third-order valence-electron chi connectivity index (χ3n) is 10.7. The minimum Gasteiger partial charge on any atom is -0.381 e. The predicted molar refractivity (Wildman–Crippen MR) is 189 cm³/mol. The number of aromatic nitrogens is 4. The highest BCUT2D eigenvalue weighted by molar-refractivity contribution is 6.23. The summed E-state index contributed by atoms with van der Waals surface area (Å²) < 4.78 is 38.7. The number of piperidine rings is 1. The van der Waals surface area contributed by atoms with Crippen molar-refractivity contribution in [2.24, 2.45) is 0 Å². The Hall–Kier alpha value is -5.97. The molecule has 2 fully saturated rings. The molecule has 8 rings (SSSR count). The molecule has 0 aliphatic carbocycles. The zero-order valence-electron chi connectivity index (χ0n) is 29.6. The van der Waals surface area contributed by atoms with Gasteiger partial charge in [-0.15, -0.1) is 0 Å². The first-order valence-corrected chi connectivity index (χ1v) is 17.8. The molecule has 6 heterocycles. The van der Waals surface area contributed by atoms with Crippen LogP contribution in [-0.4, -0.2) is 98.9 Å². The fourth-order valence-corrected chi connectivity index (χ4v) is 7.79. The van der Waals surface area contributed by atoms with Crippen molar-refractivity contribution in [2.45, 2.75) is 57.2 Å². The van der Waals surface area contributed by atoms with Crippen molar-refractivity contribution < 1.29 is 37.5 Å². The number of ether oxygens (including phenoxy) is 1. The van der Waals surface area contributed by atoms with Gasteiger partial charge in [-0.05, 0) is 55.2 Å². The van der Waals surface area contributed by atoms with Gasteiger partial charge >= 0.3 is 6.03 Å². The van der Waals surface area contributed by atoms with Gasteiger partial charge in [0.1, 0.15) is 6.04 Å². The number of hydrogen-bond acceptors (Lipinski definition) is 9. The summed E-state index contributed by atoms with van der Waals surface area (Å²) in [5, 5.41) is 14.3. The smallest absolute Gasteiger partial charge is 0.317 e. The normalized spacial score (nSPS) is 18.9. The first-order chi connectivity index (χ1) is 26.0. The Kier molecular flexibility index (Phi) is 8.95. The van der Waals surface area contributed by atoms with E-state index in [1.165, 1.54) is 29.1 Å². The van der Waals surface area contributed by atoms with Crippen LogP contribution in [0.4, 0.5) is 25.1 Å². The highest BCUT2D eigenvalue weighted by Crippen LogP contribution is 2.39. The van der Waals surface area contributed by atoms with Crippen molar-refractivity contribution in [1.82, 2.24) is 40.0 Å². The van der Waals surface area contributed by atoms with Crippen molar-refractivity contribution >= 4 is 41.2 Å². The summed E-state index contributed by atoms with van der Waals surface area (Å²) in [6.45, 7) is 2.10. The first kappa shape index (κ1) is 35.1. The molecule has 2 aromatic heterocycles. The molecule has 280 valence electrons. The highest BCUT2D eigenvalue weighted by Gasteiger charge is 2.44. The summed E-state index contributed by atoms with van der Waals surface area (Å²) >= 11 is 0. The van der Waals surface area contributed by atoms with E-state index in [9.17, 15) is 32.8 Å². The number of alkyl halides is 2. The molecule has 6 amide bonds. The zero-order chi connectivity index (χ0) is 37.8. The van der Waals surface area contributed by atoms with E-state index >= 15 is 0 Å². The quantitative estimate of drug-likeness (QED) is 0.268. The SMILES string of the molecule is CNC(=O)N1CCc2c(c(N(C)c3ccc(-c4cnn(-c5ccc6c(c5)C(=O)N(C5CCC(=O)NC5=O)C6=O)c4)c(C(F)F)c3)nn2C2CCOCC2)C1. The Morgan fingerprint density at radius 2 is 1.76 bits per heavy atom. The second-order valence-electron chi connectivity index (χ2n) is 13.7. The molecule has 2 saturated heterocycles. The molecule has 1 unspecified atom stereocenters. The lowest BCUT2D eigenvalue weighted by Gasteiger charge is -2.30. The summed E-state index contributed by atoms with van der Waals surface area (Å²) in [7, 11) is 3.36. The lowest BCUT2D eigenvalue weighted by Crippen LogP contribution is -2.54. The lowest BCUT2D eigenvalue weighted by atomic mass is 10.0. The van der Waals surface area contributed by atoms with E-state index in [0.717, 1.165) is 29.0 Å². The van der Waals surface area contributed by atoms with Crippen LogP contribution >= 0.6 is 0 Å². The van der Waals surface area contributed by atoms with Crippen molar-refractivity contribution in [3.8, 4) is 16.8 Å². The van der Waals surface area contributed by atoms with Crippen LogP contribution in [0.1, 0.15) is 75.7 Å². The van der Waals surface area contributed by atoms with E-state index in [2.05, 4.69) is 15.7 Å². The second-order valence-corrected chi connectivity index (χ2v) is 13.7. The number of benzene rings is 2. The largest absolute Gasteiger partial charge is 0.381 e. The topological polar surface area (TPSA) is 164 Å². The molecular formula is C37H37F2N9O6. The van der Waals surface area contributed by atoms with E-state index in [0.29, 0.717) is 55.5 Å². The van der Waals surface area contributed by atoms with E-state index in [1.54, 1.807) is 48.3 Å². The number of carbonyl (C=O) groups is 5. The molecule has 0 saturated carbocycles. The van der Waals surface area contributed by atoms with Gasteiger partial charge in [0.05, 0.1) is 35.6 Å². The van der Waals surface area contributed by atoms with Gasteiger partial charge in [-0.3, -0.25) is 34.1 Å². The Bertz CT molecular complexity index is 2210. The highest BCUT2D eigenvalue weighted by atomic mass is 19.3. The third-order valence-corrected chi connectivity index (χ3v) is 10.7. The van der Waals surface area contributed by atoms with Crippen molar-refractivity contribution in [3.63, 3.8) is 0 Å². The number of halogens is 2. The maximum Gasteiger partial charge on any atom is 0.317 e. The zero-order valence-corrected chi connectivity index (χ0v) is 29.6. The van der Waals surface area contributed by atoms with Gasteiger partial charge in [0.2, 0.25) is 11.8 Å². The van der Waals surface area contributed by atoms with Gasteiger partial charge in [0.25, 0.3) is 18.2 Å². The number of fused-ring (bicyclic) bond motifs is 2. The minimum absolute atomic E-state index is 0.00382. The summed E-state index contributed by atoms with van der Waals surface area (Å²) in [6, 6.07) is 8.11. The monoisotopic (exact) mass is 741 g/mol. The van der Waals surface area contributed by atoms with Gasteiger partial charge in [-0.1, -0.05) is 6.07 Å². The summed E-state index contributed by atoms with van der Waals surface area (Å²) in [5.74, 6) is -1.89. The van der Waals surface area contributed by atoms with E-state index in [4.69, 9.17) is 9.84 Å².